The van der Waals surface area contributed by atoms with Crippen molar-refractivity contribution in [2.75, 3.05) is 13.1 Å². The van der Waals surface area contributed by atoms with E-state index < -0.39 is 12.0 Å². The van der Waals surface area contributed by atoms with Crippen LogP contribution in [0.3, 0.4) is 0 Å². The number of carboxylic acids is 1. The molecule has 1 fully saturated rings. The van der Waals surface area contributed by atoms with Crippen molar-refractivity contribution in [3.63, 3.8) is 0 Å². The summed E-state index contributed by atoms with van der Waals surface area (Å²) in [6.07, 6.45) is 20.9. The summed E-state index contributed by atoms with van der Waals surface area (Å²) < 4.78 is 0. The van der Waals surface area contributed by atoms with Crippen LogP contribution < -0.4 is 10.6 Å². The maximum absolute atomic E-state index is 12.3. The van der Waals surface area contributed by atoms with Gasteiger partial charge >= 0.3 is 5.97 Å². The van der Waals surface area contributed by atoms with Crippen molar-refractivity contribution in [2.24, 2.45) is 5.92 Å². The van der Waals surface area contributed by atoms with Crippen molar-refractivity contribution in [2.45, 2.75) is 122 Å². The van der Waals surface area contributed by atoms with E-state index in [9.17, 15) is 14.7 Å². The number of carbonyl (C=O) groups is 2. The predicted octanol–water partition coefficient (Wildman–Crippen LogP) is 5.43. The Morgan fingerprint density at radius 3 is 1.86 bits per heavy atom. The highest BCUT2D eigenvalue weighted by molar-refractivity contribution is 5.85. The summed E-state index contributed by atoms with van der Waals surface area (Å²) in [5.41, 5.74) is 0. The smallest absolute Gasteiger partial charge is 0.327 e. The van der Waals surface area contributed by atoms with Crippen LogP contribution in [0.1, 0.15) is 116 Å². The lowest BCUT2D eigenvalue weighted by Crippen LogP contribution is -2.49. The van der Waals surface area contributed by atoms with Crippen LogP contribution in [0.4, 0.5) is 0 Å². The highest BCUT2D eigenvalue weighted by Crippen LogP contribution is 2.23. The van der Waals surface area contributed by atoms with Gasteiger partial charge in [0.2, 0.25) is 5.91 Å². The normalized spacial score (nSPS) is 15.9. The molecule has 1 unspecified atom stereocenters. The molecule has 3 N–H and O–H groups in total. The third-order valence-corrected chi connectivity index (χ3v) is 6.15. The first-order valence-corrected chi connectivity index (χ1v) is 12.4. The highest BCUT2D eigenvalue weighted by atomic mass is 16.4. The van der Waals surface area contributed by atoms with Crippen LogP contribution in [0.25, 0.3) is 0 Å². The van der Waals surface area contributed by atoms with Crippen molar-refractivity contribution >= 4 is 11.9 Å². The van der Waals surface area contributed by atoms with Gasteiger partial charge in [-0.05, 0) is 25.8 Å². The first-order valence-electron chi connectivity index (χ1n) is 12.4. The molecule has 0 aromatic rings. The third-order valence-electron chi connectivity index (χ3n) is 6.15. The maximum Gasteiger partial charge on any atom is 0.327 e. The Hall–Kier alpha value is -1.10. The first-order chi connectivity index (χ1) is 14.1. The zero-order chi connectivity index (χ0) is 21.2. The Labute approximate surface area is 178 Å². The minimum atomic E-state index is -0.948. The SMILES string of the molecule is CCCCCCCCCCCCCCNCC(NC(=O)C1CCCCC1)C(=O)O. The van der Waals surface area contributed by atoms with E-state index in [2.05, 4.69) is 17.6 Å². The van der Waals surface area contributed by atoms with Crippen LogP contribution in [0, 0.1) is 5.92 Å². The molecule has 0 saturated heterocycles. The molecule has 5 nitrogen and oxygen atoms in total. The molecule has 0 aromatic carbocycles. The van der Waals surface area contributed by atoms with E-state index in [1.54, 1.807) is 0 Å². The highest BCUT2D eigenvalue weighted by Gasteiger charge is 2.26. The second-order valence-electron chi connectivity index (χ2n) is 8.83. The molecular formula is C24H46N2O3. The van der Waals surface area contributed by atoms with Crippen molar-refractivity contribution < 1.29 is 14.7 Å². The summed E-state index contributed by atoms with van der Waals surface area (Å²) in [5, 5.41) is 15.3. The Bertz CT molecular complexity index is 422. The second-order valence-corrected chi connectivity index (χ2v) is 8.83. The fourth-order valence-corrected chi connectivity index (χ4v) is 4.19. The van der Waals surface area contributed by atoms with Gasteiger partial charge in [-0.25, -0.2) is 4.79 Å². The maximum atomic E-state index is 12.3. The fourth-order valence-electron chi connectivity index (χ4n) is 4.19. The number of nitrogens with one attached hydrogen (secondary N) is 2. The fraction of sp³-hybridized carbons (Fsp3) is 0.917. The summed E-state index contributed by atoms with van der Waals surface area (Å²) in [6.45, 7) is 3.39. The number of rotatable bonds is 18. The Morgan fingerprint density at radius 2 is 1.34 bits per heavy atom. The lowest BCUT2D eigenvalue weighted by Gasteiger charge is -2.23. The van der Waals surface area contributed by atoms with Crippen molar-refractivity contribution in [1.82, 2.24) is 10.6 Å². The number of amides is 1. The average Bonchev–Trinajstić information content (AvgIpc) is 2.73. The number of aliphatic carboxylic acids is 1. The number of unbranched alkanes of at least 4 members (excludes halogenated alkanes) is 11. The molecule has 1 atom stereocenters. The predicted molar refractivity (Wildman–Crippen MR) is 120 cm³/mol. The number of carbonyl (C=O) groups excluding carboxylic acids is 1. The van der Waals surface area contributed by atoms with E-state index in [0.29, 0.717) is 6.54 Å². The standard InChI is InChI=1S/C24H46N2O3/c1-2-3-4-5-6-7-8-9-10-11-12-16-19-25-20-22(24(28)29)26-23(27)21-17-14-13-15-18-21/h21-22,25H,2-20H2,1H3,(H,26,27)(H,28,29). The summed E-state index contributed by atoms with van der Waals surface area (Å²) >= 11 is 0. The second kappa shape index (κ2) is 17.7. The molecule has 1 amide bonds. The molecule has 0 bridgehead atoms. The van der Waals surface area contributed by atoms with Gasteiger partial charge < -0.3 is 15.7 Å². The van der Waals surface area contributed by atoms with E-state index in [1.165, 1.54) is 77.0 Å². The van der Waals surface area contributed by atoms with Gasteiger partial charge in [0.25, 0.3) is 0 Å². The summed E-state index contributed by atoms with van der Waals surface area (Å²) in [5.74, 6) is -1.03. The average molecular weight is 411 g/mol. The van der Waals surface area contributed by atoms with E-state index >= 15 is 0 Å². The van der Waals surface area contributed by atoms with E-state index in [4.69, 9.17) is 0 Å². The Morgan fingerprint density at radius 1 is 0.828 bits per heavy atom. The van der Waals surface area contributed by atoms with Crippen molar-refractivity contribution in [1.29, 1.82) is 0 Å². The van der Waals surface area contributed by atoms with Gasteiger partial charge in [0.05, 0.1) is 0 Å². The monoisotopic (exact) mass is 410 g/mol. The summed E-state index contributed by atoms with van der Waals surface area (Å²) in [7, 11) is 0. The number of hydrogen-bond donors (Lipinski definition) is 3. The lowest BCUT2D eigenvalue weighted by molar-refractivity contribution is -0.142. The molecule has 0 aliphatic heterocycles. The topological polar surface area (TPSA) is 78.4 Å². The Kier molecular flexibility index (Phi) is 15.9. The molecule has 0 aromatic heterocycles. The molecule has 170 valence electrons. The van der Waals surface area contributed by atoms with Crippen LogP contribution in [0.15, 0.2) is 0 Å². The molecule has 1 saturated carbocycles. The van der Waals surface area contributed by atoms with Gasteiger partial charge in [0, 0.05) is 12.5 Å². The van der Waals surface area contributed by atoms with E-state index in [-0.39, 0.29) is 11.8 Å². The minimum absolute atomic E-state index is 0.00180. The number of hydrogen-bond acceptors (Lipinski definition) is 3. The zero-order valence-electron chi connectivity index (χ0n) is 18.9. The number of carboxylic acid groups (broad SMARTS) is 1. The van der Waals surface area contributed by atoms with Crippen molar-refractivity contribution in [3.8, 4) is 0 Å². The summed E-state index contributed by atoms with van der Waals surface area (Å²) in [6, 6.07) is -0.818. The van der Waals surface area contributed by atoms with Crippen LogP contribution in [-0.2, 0) is 9.59 Å². The molecule has 5 heteroatoms. The van der Waals surface area contributed by atoms with E-state index in [1.807, 2.05) is 0 Å². The molecule has 1 aliphatic rings. The molecule has 0 radical (unpaired) electrons. The summed E-state index contributed by atoms with van der Waals surface area (Å²) in [4.78, 5) is 23.7. The molecule has 1 rings (SSSR count). The van der Waals surface area contributed by atoms with Crippen LogP contribution >= 0.6 is 0 Å². The Balaban J connectivity index is 1.96. The van der Waals surface area contributed by atoms with Crippen LogP contribution in [0.2, 0.25) is 0 Å². The molecule has 0 heterocycles. The van der Waals surface area contributed by atoms with Gasteiger partial charge in [-0.3, -0.25) is 4.79 Å². The quantitative estimate of drug-likeness (QED) is 0.263. The van der Waals surface area contributed by atoms with Gasteiger partial charge in [-0.1, -0.05) is 96.8 Å². The minimum Gasteiger partial charge on any atom is -0.480 e. The van der Waals surface area contributed by atoms with Gasteiger partial charge in [-0.15, -0.1) is 0 Å². The van der Waals surface area contributed by atoms with Crippen LogP contribution in [-0.4, -0.2) is 36.1 Å². The van der Waals surface area contributed by atoms with Crippen LogP contribution in [0.5, 0.6) is 0 Å². The zero-order valence-corrected chi connectivity index (χ0v) is 18.9. The third kappa shape index (κ3) is 13.7. The van der Waals surface area contributed by atoms with Gasteiger partial charge in [-0.2, -0.15) is 0 Å². The molecule has 1 aliphatic carbocycles. The molecule has 0 spiro atoms. The van der Waals surface area contributed by atoms with Gasteiger partial charge in [0.1, 0.15) is 6.04 Å². The lowest BCUT2D eigenvalue weighted by atomic mass is 9.88. The molecule has 29 heavy (non-hydrogen) atoms. The largest absolute Gasteiger partial charge is 0.480 e. The van der Waals surface area contributed by atoms with E-state index in [0.717, 1.165) is 38.6 Å². The van der Waals surface area contributed by atoms with Gasteiger partial charge in [0.15, 0.2) is 0 Å². The first kappa shape index (κ1) is 25.9. The van der Waals surface area contributed by atoms with Crippen molar-refractivity contribution in [3.05, 3.63) is 0 Å². The molecular weight excluding hydrogens is 364 g/mol.